The number of fused-ring (bicyclic) bond motifs is 1. The van der Waals surface area contributed by atoms with Crippen LogP contribution >= 0.6 is 27.5 Å². The number of nitrogens with zero attached hydrogens (tertiary/aromatic N) is 1. The molecule has 1 aromatic rings. The van der Waals surface area contributed by atoms with E-state index in [0.29, 0.717) is 6.42 Å². The van der Waals surface area contributed by atoms with Gasteiger partial charge in [-0.2, -0.15) is 0 Å². The van der Waals surface area contributed by atoms with Crippen molar-refractivity contribution in [2.45, 2.75) is 12.8 Å². The number of carbonyl (C=O) groups excluding carboxylic acids is 1. The SMILES string of the molecule is CN1C(=O)CCc2c1ccc(Br)c2Cl. The van der Waals surface area contributed by atoms with Crippen molar-refractivity contribution in [1.29, 1.82) is 0 Å². The van der Waals surface area contributed by atoms with E-state index in [2.05, 4.69) is 15.9 Å². The number of carbonyl (C=O) groups is 1. The lowest BCUT2D eigenvalue weighted by Gasteiger charge is -2.26. The average Bonchev–Trinajstić information content (AvgIpc) is 2.17. The molecule has 0 bridgehead atoms. The number of hydrogen-bond acceptors (Lipinski definition) is 1. The molecule has 4 heteroatoms. The van der Waals surface area contributed by atoms with E-state index in [1.54, 1.807) is 11.9 Å². The third-order valence-corrected chi connectivity index (χ3v) is 3.82. The standard InChI is InChI=1S/C10H9BrClNO/c1-13-8-4-3-7(11)10(12)6(8)2-5-9(13)14/h3-4H,2,5H2,1H3. The maximum atomic E-state index is 11.4. The van der Waals surface area contributed by atoms with Crippen LogP contribution in [0.5, 0.6) is 0 Å². The zero-order valence-corrected chi connectivity index (χ0v) is 10.0. The van der Waals surface area contributed by atoms with Crippen LogP contribution in [0.15, 0.2) is 16.6 Å². The van der Waals surface area contributed by atoms with Gasteiger partial charge >= 0.3 is 0 Å². The molecule has 0 aromatic heterocycles. The Morgan fingerprint density at radius 3 is 2.86 bits per heavy atom. The molecule has 0 N–H and O–H groups in total. The molecule has 0 fully saturated rings. The number of amides is 1. The normalized spacial score (nSPS) is 15.6. The Morgan fingerprint density at radius 2 is 2.14 bits per heavy atom. The molecule has 0 unspecified atom stereocenters. The van der Waals surface area contributed by atoms with E-state index in [-0.39, 0.29) is 5.91 Å². The second-order valence-electron chi connectivity index (χ2n) is 3.31. The van der Waals surface area contributed by atoms with E-state index < -0.39 is 0 Å². The number of benzene rings is 1. The largest absolute Gasteiger partial charge is 0.315 e. The van der Waals surface area contributed by atoms with E-state index in [1.165, 1.54) is 0 Å². The van der Waals surface area contributed by atoms with Gasteiger partial charge in [-0.05, 0) is 40.0 Å². The van der Waals surface area contributed by atoms with Gasteiger partial charge in [0.2, 0.25) is 5.91 Å². The summed E-state index contributed by atoms with van der Waals surface area (Å²) in [5.41, 5.74) is 1.98. The fraction of sp³-hybridized carbons (Fsp3) is 0.300. The van der Waals surface area contributed by atoms with Crippen LogP contribution in [0.4, 0.5) is 5.69 Å². The summed E-state index contributed by atoms with van der Waals surface area (Å²) in [6, 6.07) is 3.79. The Kier molecular flexibility index (Phi) is 2.54. The molecule has 0 spiro atoms. The molecule has 74 valence electrons. The van der Waals surface area contributed by atoms with E-state index >= 15 is 0 Å². The minimum Gasteiger partial charge on any atom is -0.315 e. The van der Waals surface area contributed by atoms with Gasteiger partial charge in [0, 0.05) is 23.6 Å². The third kappa shape index (κ3) is 1.44. The topological polar surface area (TPSA) is 20.3 Å². The van der Waals surface area contributed by atoms with Crippen LogP contribution in [-0.2, 0) is 11.2 Å². The summed E-state index contributed by atoms with van der Waals surface area (Å²) in [5.74, 6) is 0.149. The number of hydrogen-bond donors (Lipinski definition) is 0. The molecule has 0 atom stereocenters. The molecule has 0 radical (unpaired) electrons. The summed E-state index contributed by atoms with van der Waals surface area (Å²) in [5, 5.41) is 0.724. The van der Waals surface area contributed by atoms with Crippen LogP contribution in [0.3, 0.4) is 0 Å². The second kappa shape index (κ2) is 3.55. The van der Waals surface area contributed by atoms with Gasteiger partial charge in [0.25, 0.3) is 0 Å². The fourth-order valence-corrected chi connectivity index (χ4v) is 2.29. The molecular weight excluding hydrogens is 265 g/mol. The lowest BCUT2D eigenvalue weighted by Crippen LogP contribution is -2.31. The quantitative estimate of drug-likeness (QED) is 0.712. The zero-order chi connectivity index (χ0) is 10.3. The van der Waals surface area contributed by atoms with Gasteiger partial charge in [-0.1, -0.05) is 11.6 Å². The summed E-state index contributed by atoms with van der Waals surface area (Å²) in [6.07, 6.45) is 1.27. The lowest BCUT2D eigenvalue weighted by atomic mass is 10.0. The molecule has 1 amide bonds. The highest BCUT2D eigenvalue weighted by Crippen LogP contribution is 2.36. The van der Waals surface area contributed by atoms with Gasteiger partial charge < -0.3 is 4.90 Å². The maximum Gasteiger partial charge on any atom is 0.227 e. The van der Waals surface area contributed by atoms with Gasteiger partial charge in [-0.25, -0.2) is 0 Å². The van der Waals surface area contributed by atoms with Crippen LogP contribution in [-0.4, -0.2) is 13.0 Å². The molecule has 0 saturated heterocycles. The molecule has 14 heavy (non-hydrogen) atoms. The zero-order valence-electron chi connectivity index (χ0n) is 7.68. The van der Waals surface area contributed by atoms with E-state index in [9.17, 15) is 4.79 Å². The number of halogens is 2. The van der Waals surface area contributed by atoms with Crippen LogP contribution in [0.1, 0.15) is 12.0 Å². The van der Waals surface area contributed by atoms with Gasteiger partial charge in [-0.3, -0.25) is 4.79 Å². The molecule has 0 aliphatic carbocycles. The molecule has 1 aromatic carbocycles. The molecule has 1 aliphatic heterocycles. The number of rotatable bonds is 0. The summed E-state index contributed by atoms with van der Waals surface area (Å²) in [6.45, 7) is 0. The minimum absolute atomic E-state index is 0.149. The predicted octanol–water partition coefficient (Wildman–Crippen LogP) is 3.01. The average molecular weight is 275 g/mol. The molecule has 2 rings (SSSR count). The van der Waals surface area contributed by atoms with Crippen molar-refractivity contribution >= 4 is 39.1 Å². The predicted molar refractivity (Wildman–Crippen MR) is 60.9 cm³/mol. The first-order valence-corrected chi connectivity index (χ1v) is 5.52. The molecule has 1 heterocycles. The van der Waals surface area contributed by atoms with Crippen LogP contribution in [0.2, 0.25) is 5.02 Å². The van der Waals surface area contributed by atoms with E-state index in [1.807, 2.05) is 12.1 Å². The fourth-order valence-electron chi connectivity index (χ4n) is 1.67. The smallest absolute Gasteiger partial charge is 0.227 e. The summed E-state index contributed by atoms with van der Waals surface area (Å²) in [7, 11) is 1.78. The van der Waals surface area contributed by atoms with Crippen molar-refractivity contribution in [2.24, 2.45) is 0 Å². The maximum absolute atomic E-state index is 11.4. The Hall–Kier alpha value is -0.540. The van der Waals surface area contributed by atoms with Gasteiger partial charge in [0.1, 0.15) is 0 Å². The van der Waals surface area contributed by atoms with Crippen molar-refractivity contribution < 1.29 is 4.79 Å². The van der Waals surface area contributed by atoms with Crippen LogP contribution in [0, 0.1) is 0 Å². The van der Waals surface area contributed by atoms with Crippen molar-refractivity contribution in [3.05, 3.63) is 27.2 Å². The first-order chi connectivity index (χ1) is 6.61. The molecule has 1 aliphatic rings. The van der Waals surface area contributed by atoms with Crippen molar-refractivity contribution in [1.82, 2.24) is 0 Å². The third-order valence-electron chi connectivity index (χ3n) is 2.50. The summed E-state index contributed by atoms with van der Waals surface area (Å²) < 4.78 is 0.890. The highest BCUT2D eigenvalue weighted by Gasteiger charge is 2.23. The second-order valence-corrected chi connectivity index (χ2v) is 4.54. The van der Waals surface area contributed by atoms with E-state index in [4.69, 9.17) is 11.6 Å². The van der Waals surface area contributed by atoms with Gasteiger partial charge in [-0.15, -0.1) is 0 Å². The molecule has 2 nitrogen and oxygen atoms in total. The summed E-state index contributed by atoms with van der Waals surface area (Å²) in [4.78, 5) is 13.1. The Bertz CT molecular complexity index is 405. The Morgan fingerprint density at radius 1 is 1.43 bits per heavy atom. The highest BCUT2D eigenvalue weighted by atomic mass is 79.9. The molecule has 0 saturated carbocycles. The Labute approximate surface area is 96.0 Å². The van der Waals surface area contributed by atoms with Gasteiger partial charge in [0.15, 0.2) is 0 Å². The first kappa shape index (κ1) is 9.99. The van der Waals surface area contributed by atoms with Crippen molar-refractivity contribution in [3.8, 4) is 0 Å². The first-order valence-electron chi connectivity index (χ1n) is 4.34. The van der Waals surface area contributed by atoms with Gasteiger partial charge in [0.05, 0.1) is 5.02 Å². The van der Waals surface area contributed by atoms with Crippen molar-refractivity contribution in [2.75, 3.05) is 11.9 Å². The van der Waals surface area contributed by atoms with Crippen LogP contribution in [0.25, 0.3) is 0 Å². The van der Waals surface area contributed by atoms with E-state index in [0.717, 1.165) is 27.2 Å². The molecular formula is C10H9BrClNO. The summed E-state index contributed by atoms with van der Waals surface area (Å²) >= 11 is 9.51. The van der Waals surface area contributed by atoms with Crippen molar-refractivity contribution in [3.63, 3.8) is 0 Å². The minimum atomic E-state index is 0.149. The van der Waals surface area contributed by atoms with Crippen LogP contribution < -0.4 is 4.90 Å². The monoisotopic (exact) mass is 273 g/mol. The lowest BCUT2D eigenvalue weighted by molar-refractivity contribution is -0.118. The highest BCUT2D eigenvalue weighted by molar-refractivity contribution is 9.10. The Balaban J connectivity index is 2.59. The number of anilines is 1.